The predicted molar refractivity (Wildman–Crippen MR) is 75.8 cm³/mol. The number of hydrogen-bond acceptors (Lipinski definition) is 2. The molecule has 1 heterocycles. The molecule has 0 bridgehead atoms. The van der Waals surface area contributed by atoms with Gasteiger partial charge in [-0.2, -0.15) is 0 Å². The Morgan fingerprint density at radius 1 is 1.17 bits per heavy atom. The second kappa shape index (κ2) is 5.02. The van der Waals surface area contributed by atoms with E-state index in [9.17, 15) is 0 Å². The lowest BCUT2D eigenvalue weighted by atomic mass is 9.94. The summed E-state index contributed by atoms with van der Waals surface area (Å²) < 4.78 is 0. The highest BCUT2D eigenvalue weighted by Gasteiger charge is 2.37. The zero-order chi connectivity index (χ0) is 12.5. The van der Waals surface area contributed by atoms with Gasteiger partial charge in [-0.15, -0.1) is 0 Å². The van der Waals surface area contributed by atoms with Crippen LogP contribution in [-0.4, -0.2) is 31.1 Å². The first-order valence-electron chi connectivity index (χ1n) is 7.27. The van der Waals surface area contributed by atoms with E-state index < -0.39 is 0 Å². The van der Waals surface area contributed by atoms with Gasteiger partial charge in [0.1, 0.15) is 0 Å². The van der Waals surface area contributed by atoms with Gasteiger partial charge in [0.2, 0.25) is 0 Å². The molecule has 1 aromatic carbocycles. The molecule has 1 saturated heterocycles. The average Bonchev–Trinajstić information content (AvgIpc) is 3.18. The molecule has 2 aliphatic rings. The lowest BCUT2D eigenvalue weighted by Gasteiger charge is -2.36. The first-order chi connectivity index (χ1) is 8.75. The summed E-state index contributed by atoms with van der Waals surface area (Å²) in [5, 5.41) is 3.46. The minimum absolute atomic E-state index is 0.674. The van der Waals surface area contributed by atoms with E-state index in [1.165, 1.54) is 37.1 Å². The molecule has 1 aromatic rings. The van der Waals surface area contributed by atoms with Crippen molar-refractivity contribution in [3.63, 3.8) is 0 Å². The Kier molecular flexibility index (Phi) is 3.40. The number of piperazine rings is 1. The smallest absolute Gasteiger partial charge is 0.0379 e. The SMILES string of the molecule is Cc1ccc(C(C2CC2)N2CCNCC2)c(C)c1. The van der Waals surface area contributed by atoms with E-state index in [0.717, 1.165) is 19.0 Å². The third-order valence-electron chi connectivity index (χ3n) is 4.36. The Morgan fingerprint density at radius 3 is 2.50 bits per heavy atom. The zero-order valence-corrected chi connectivity index (χ0v) is 11.6. The van der Waals surface area contributed by atoms with Gasteiger partial charge in [0, 0.05) is 32.2 Å². The Hall–Kier alpha value is -0.860. The van der Waals surface area contributed by atoms with E-state index in [2.05, 4.69) is 42.3 Å². The predicted octanol–water partition coefficient (Wildman–Crippen LogP) is 2.66. The van der Waals surface area contributed by atoms with Crippen LogP contribution < -0.4 is 5.32 Å². The van der Waals surface area contributed by atoms with E-state index >= 15 is 0 Å². The minimum atomic E-state index is 0.674. The van der Waals surface area contributed by atoms with Crippen molar-refractivity contribution in [2.24, 2.45) is 5.92 Å². The summed E-state index contributed by atoms with van der Waals surface area (Å²) in [6.45, 7) is 9.17. The van der Waals surface area contributed by atoms with Gasteiger partial charge >= 0.3 is 0 Å². The first-order valence-corrected chi connectivity index (χ1v) is 7.27. The molecule has 18 heavy (non-hydrogen) atoms. The number of benzene rings is 1. The molecule has 1 N–H and O–H groups in total. The van der Waals surface area contributed by atoms with Gasteiger partial charge in [0.05, 0.1) is 0 Å². The zero-order valence-electron chi connectivity index (χ0n) is 11.6. The van der Waals surface area contributed by atoms with Crippen LogP contribution in [0.1, 0.15) is 35.6 Å². The van der Waals surface area contributed by atoms with Crippen LogP contribution in [0.5, 0.6) is 0 Å². The summed E-state index contributed by atoms with van der Waals surface area (Å²) >= 11 is 0. The Labute approximate surface area is 110 Å². The van der Waals surface area contributed by atoms with Crippen molar-refractivity contribution in [2.45, 2.75) is 32.7 Å². The highest BCUT2D eigenvalue weighted by molar-refractivity contribution is 5.34. The fourth-order valence-electron chi connectivity index (χ4n) is 3.28. The molecule has 2 nitrogen and oxygen atoms in total. The van der Waals surface area contributed by atoms with Crippen molar-refractivity contribution >= 4 is 0 Å². The molecule has 0 spiro atoms. The van der Waals surface area contributed by atoms with Crippen molar-refractivity contribution in [2.75, 3.05) is 26.2 Å². The topological polar surface area (TPSA) is 15.3 Å². The molecule has 0 radical (unpaired) electrons. The maximum Gasteiger partial charge on any atom is 0.0379 e. The van der Waals surface area contributed by atoms with Crippen LogP contribution >= 0.6 is 0 Å². The lowest BCUT2D eigenvalue weighted by Crippen LogP contribution is -2.45. The largest absolute Gasteiger partial charge is 0.314 e. The molecule has 0 amide bonds. The molecule has 2 heteroatoms. The molecular weight excluding hydrogens is 220 g/mol. The van der Waals surface area contributed by atoms with Crippen LogP contribution in [0.3, 0.4) is 0 Å². The molecular formula is C16H24N2. The van der Waals surface area contributed by atoms with Gasteiger partial charge in [-0.1, -0.05) is 23.8 Å². The normalized spacial score (nSPS) is 23.0. The molecule has 1 unspecified atom stereocenters. The van der Waals surface area contributed by atoms with Crippen molar-refractivity contribution in [3.05, 3.63) is 34.9 Å². The molecule has 1 aliphatic heterocycles. The summed E-state index contributed by atoms with van der Waals surface area (Å²) in [5.41, 5.74) is 4.43. The monoisotopic (exact) mass is 244 g/mol. The van der Waals surface area contributed by atoms with Gasteiger partial charge in [-0.25, -0.2) is 0 Å². The van der Waals surface area contributed by atoms with Gasteiger partial charge in [-0.05, 0) is 43.7 Å². The minimum Gasteiger partial charge on any atom is -0.314 e. The summed E-state index contributed by atoms with van der Waals surface area (Å²) in [7, 11) is 0. The first kappa shape index (κ1) is 12.2. The fourth-order valence-corrected chi connectivity index (χ4v) is 3.28. The summed E-state index contributed by atoms with van der Waals surface area (Å²) in [6.07, 6.45) is 2.84. The third kappa shape index (κ3) is 2.45. The van der Waals surface area contributed by atoms with Crippen LogP contribution in [0.2, 0.25) is 0 Å². The maximum absolute atomic E-state index is 3.46. The van der Waals surface area contributed by atoms with Gasteiger partial charge in [0.15, 0.2) is 0 Å². The maximum atomic E-state index is 3.46. The standard InChI is InChI=1S/C16H24N2/c1-12-3-6-15(13(2)11-12)16(14-4-5-14)18-9-7-17-8-10-18/h3,6,11,14,16-17H,4-5,7-10H2,1-2H3. The third-order valence-corrected chi connectivity index (χ3v) is 4.36. The highest BCUT2D eigenvalue weighted by atomic mass is 15.2. The number of aryl methyl sites for hydroxylation is 2. The Balaban J connectivity index is 1.88. The van der Waals surface area contributed by atoms with Gasteiger partial charge < -0.3 is 5.32 Å². The van der Waals surface area contributed by atoms with E-state index in [1.54, 1.807) is 5.56 Å². The lowest BCUT2D eigenvalue weighted by molar-refractivity contribution is 0.155. The van der Waals surface area contributed by atoms with Crippen molar-refractivity contribution in [1.29, 1.82) is 0 Å². The number of hydrogen-bond donors (Lipinski definition) is 1. The van der Waals surface area contributed by atoms with E-state index in [4.69, 9.17) is 0 Å². The number of rotatable bonds is 3. The quantitative estimate of drug-likeness (QED) is 0.879. The second-order valence-corrected chi connectivity index (χ2v) is 5.93. The molecule has 1 atom stereocenters. The molecule has 98 valence electrons. The molecule has 0 aromatic heterocycles. The molecule has 3 rings (SSSR count). The van der Waals surface area contributed by atoms with Crippen molar-refractivity contribution in [3.8, 4) is 0 Å². The summed E-state index contributed by atoms with van der Waals surface area (Å²) in [5.74, 6) is 0.907. The molecule has 1 saturated carbocycles. The van der Waals surface area contributed by atoms with Crippen molar-refractivity contribution in [1.82, 2.24) is 10.2 Å². The summed E-state index contributed by atoms with van der Waals surface area (Å²) in [4.78, 5) is 2.70. The number of nitrogens with zero attached hydrogens (tertiary/aromatic N) is 1. The van der Waals surface area contributed by atoms with Crippen LogP contribution in [0.15, 0.2) is 18.2 Å². The molecule has 1 aliphatic carbocycles. The van der Waals surface area contributed by atoms with Crippen molar-refractivity contribution < 1.29 is 0 Å². The average molecular weight is 244 g/mol. The van der Waals surface area contributed by atoms with E-state index in [0.29, 0.717) is 6.04 Å². The van der Waals surface area contributed by atoms with Crippen LogP contribution in [0.25, 0.3) is 0 Å². The van der Waals surface area contributed by atoms with Crippen LogP contribution in [0, 0.1) is 19.8 Å². The summed E-state index contributed by atoms with van der Waals surface area (Å²) in [6, 6.07) is 7.66. The fraction of sp³-hybridized carbons (Fsp3) is 0.625. The van der Waals surface area contributed by atoms with Crippen LogP contribution in [0.4, 0.5) is 0 Å². The Bertz CT molecular complexity index is 417. The molecule has 2 fully saturated rings. The second-order valence-electron chi connectivity index (χ2n) is 5.93. The Morgan fingerprint density at radius 2 is 1.89 bits per heavy atom. The number of nitrogens with one attached hydrogen (secondary N) is 1. The highest BCUT2D eigenvalue weighted by Crippen LogP contribution is 2.45. The van der Waals surface area contributed by atoms with Crippen LogP contribution in [-0.2, 0) is 0 Å². The van der Waals surface area contributed by atoms with E-state index in [-0.39, 0.29) is 0 Å². The van der Waals surface area contributed by atoms with E-state index in [1.807, 2.05) is 0 Å². The van der Waals surface area contributed by atoms with Gasteiger partial charge in [0.25, 0.3) is 0 Å². The van der Waals surface area contributed by atoms with Gasteiger partial charge in [-0.3, -0.25) is 4.90 Å².